The second-order valence-corrected chi connectivity index (χ2v) is 6.69. The Morgan fingerprint density at radius 1 is 1.19 bits per heavy atom. The lowest BCUT2D eigenvalue weighted by molar-refractivity contribution is -0.138. The Hall–Kier alpha value is -1.64. The number of carboxylic acids is 1. The molecule has 1 heterocycles. The van der Waals surface area contributed by atoms with Crippen molar-refractivity contribution >= 4 is 16.0 Å². The Labute approximate surface area is 123 Å². The van der Waals surface area contributed by atoms with Crippen molar-refractivity contribution < 1.29 is 23.1 Å². The van der Waals surface area contributed by atoms with Crippen molar-refractivity contribution in [2.24, 2.45) is 0 Å². The fraction of sp³-hybridized carbons (Fsp3) is 0.462. The van der Waals surface area contributed by atoms with Crippen LogP contribution in [0.25, 0.3) is 0 Å². The predicted octanol–water partition coefficient (Wildman–Crippen LogP) is 0.0861. The SMILES string of the molecule is COc1ccc(S(=O)(=O)N2CCN(CC(=O)O)CC2)cc1. The summed E-state index contributed by atoms with van der Waals surface area (Å²) in [5, 5.41) is 8.73. The molecule has 0 radical (unpaired) electrons. The lowest BCUT2D eigenvalue weighted by Gasteiger charge is -2.32. The monoisotopic (exact) mass is 314 g/mol. The Balaban J connectivity index is 2.05. The molecule has 116 valence electrons. The number of hydrogen-bond donors (Lipinski definition) is 1. The molecule has 0 atom stereocenters. The normalized spacial score (nSPS) is 17.6. The third-order valence-corrected chi connectivity index (χ3v) is 5.30. The van der Waals surface area contributed by atoms with Crippen molar-refractivity contribution in [3.63, 3.8) is 0 Å². The van der Waals surface area contributed by atoms with Gasteiger partial charge in [0.1, 0.15) is 5.75 Å². The molecule has 21 heavy (non-hydrogen) atoms. The maximum absolute atomic E-state index is 12.5. The molecule has 1 N–H and O–H groups in total. The molecule has 1 aromatic carbocycles. The number of carboxylic acid groups (broad SMARTS) is 1. The summed E-state index contributed by atoms with van der Waals surface area (Å²) in [6.07, 6.45) is 0. The first-order valence-corrected chi connectivity index (χ1v) is 7.96. The van der Waals surface area contributed by atoms with E-state index in [0.717, 1.165) is 0 Å². The molecule has 1 aliphatic rings. The van der Waals surface area contributed by atoms with Crippen LogP contribution in [0.4, 0.5) is 0 Å². The van der Waals surface area contributed by atoms with Gasteiger partial charge in [-0.05, 0) is 24.3 Å². The third-order valence-electron chi connectivity index (χ3n) is 3.39. The summed E-state index contributed by atoms with van der Waals surface area (Å²) >= 11 is 0. The minimum Gasteiger partial charge on any atom is -0.497 e. The quantitative estimate of drug-likeness (QED) is 0.828. The highest BCUT2D eigenvalue weighted by molar-refractivity contribution is 7.89. The Morgan fingerprint density at radius 2 is 1.76 bits per heavy atom. The second kappa shape index (κ2) is 6.42. The molecule has 1 fully saturated rings. The number of nitrogens with zero attached hydrogens (tertiary/aromatic N) is 2. The van der Waals surface area contributed by atoms with E-state index in [1.165, 1.54) is 23.5 Å². The van der Waals surface area contributed by atoms with Gasteiger partial charge in [-0.25, -0.2) is 8.42 Å². The van der Waals surface area contributed by atoms with Crippen molar-refractivity contribution in [1.29, 1.82) is 0 Å². The topological polar surface area (TPSA) is 87.2 Å². The number of methoxy groups -OCH3 is 1. The number of carbonyl (C=O) groups is 1. The van der Waals surface area contributed by atoms with Crippen molar-refractivity contribution in [2.75, 3.05) is 39.8 Å². The molecular weight excluding hydrogens is 296 g/mol. The zero-order valence-electron chi connectivity index (χ0n) is 11.7. The van der Waals surface area contributed by atoms with Crippen LogP contribution in [-0.2, 0) is 14.8 Å². The third kappa shape index (κ3) is 3.72. The highest BCUT2D eigenvalue weighted by atomic mass is 32.2. The average Bonchev–Trinajstić information content (AvgIpc) is 2.47. The zero-order chi connectivity index (χ0) is 15.5. The number of piperazine rings is 1. The fourth-order valence-corrected chi connectivity index (χ4v) is 3.64. The summed E-state index contributed by atoms with van der Waals surface area (Å²) in [7, 11) is -2.02. The Morgan fingerprint density at radius 3 is 2.24 bits per heavy atom. The van der Waals surface area contributed by atoms with E-state index in [1.807, 2.05) is 0 Å². The molecule has 1 aliphatic heterocycles. The van der Waals surface area contributed by atoms with E-state index in [-0.39, 0.29) is 11.4 Å². The van der Waals surface area contributed by atoms with Gasteiger partial charge in [0.05, 0.1) is 18.6 Å². The van der Waals surface area contributed by atoms with Gasteiger partial charge in [0.25, 0.3) is 0 Å². The van der Waals surface area contributed by atoms with Crippen LogP contribution in [0.2, 0.25) is 0 Å². The van der Waals surface area contributed by atoms with E-state index in [4.69, 9.17) is 9.84 Å². The van der Waals surface area contributed by atoms with Crippen molar-refractivity contribution in [1.82, 2.24) is 9.21 Å². The first-order chi connectivity index (χ1) is 9.93. The summed E-state index contributed by atoms with van der Waals surface area (Å²) in [6, 6.07) is 6.23. The van der Waals surface area contributed by atoms with Gasteiger partial charge >= 0.3 is 5.97 Å². The molecule has 0 spiro atoms. The molecule has 0 bridgehead atoms. The molecule has 2 rings (SSSR count). The maximum atomic E-state index is 12.5. The highest BCUT2D eigenvalue weighted by Gasteiger charge is 2.28. The van der Waals surface area contributed by atoms with Gasteiger partial charge < -0.3 is 9.84 Å². The lowest BCUT2D eigenvalue weighted by atomic mass is 10.3. The zero-order valence-corrected chi connectivity index (χ0v) is 12.5. The first kappa shape index (κ1) is 15.7. The summed E-state index contributed by atoms with van der Waals surface area (Å²) in [5.41, 5.74) is 0. The molecule has 1 saturated heterocycles. The standard InChI is InChI=1S/C13H18N2O5S/c1-20-11-2-4-12(5-3-11)21(18,19)15-8-6-14(7-9-15)10-13(16)17/h2-5H,6-10H2,1H3,(H,16,17). The summed E-state index contributed by atoms with van der Waals surface area (Å²) < 4.78 is 31.3. The molecule has 7 nitrogen and oxygen atoms in total. The molecule has 0 unspecified atom stereocenters. The predicted molar refractivity (Wildman–Crippen MR) is 75.8 cm³/mol. The molecule has 8 heteroatoms. The number of ether oxygens (including phenoxy) is 1. The van der Waals surface area contributed by atoms with Crippen LogP contribution in [0.5, 0.6) is 5.75 Å². The van der Waals surface area contributed by atoms with Crippen molar-refractivity contribution in [2.45, 2.75) is 4.90 Å². The molecule has 0 amide bonds. The van der Waals surface area contributed by atoms with Crippen LogP contribution in [0.3, 0.4) is 0 Å². The average molecular weight is 314 g/mol. The number of sulfonamides is 1. The van der Waals surface area contributed by atoms with E-state index in [1.54, 1.807) is 17.0 Å². The van der Waals surface area contributed by atoms with Gasteiger partial charge in [0, 0.05) is 26.2 Å². The van der Waals surface area contributed by atoms with Gasteiger partial charge in [-0.15, -0.1) is 0 Å². The molecule has 0 aliphatic carbocycles. The number of rotatable bonds is 5. The van der Waals surface area contributed by atoms with Crippen LogP contribution in [0, 0.1) is 0 Å². The summed E-state index contributed by atoms with van der Waals surface area (Å²) in [4.78, 5) is 12.6. The van der Waals surface area contributed by atoms with E-state index in [9.17, 15) is 13.2 Å². The van der Waals surface area contributed by atoms with E-state index in [0.29, 0.717) is 31.9 Å². The largest absolute Gasteiger partial charge is 0.497 e. The van der Waals surface area contributed by atoms with Crippen LogP contribution < -0.4 is 4.74 Å². The van der Waals surface area contributed by atoms with Gasteiger partial charge in [0.2, 0.25) is 10.0 Å². The minimum absolute atomic E-state index is 0.0591. The van der Waals surface area contributed by atoms with Gasteiger partial charge in [-0.2, -0.15) is 4.31 Å². The van der Waals surface area contributed by atoms with Crippen molar-refractivity contribution in [3.8, 4) is 5.75 Å². The van der Waals surface area contributed by atoms with Crippen LogP contribution in [0.1, 0.15) is 0 Å². The number of aliphatic carboxylic acids is 1. The first-order valence-electron chi connectivity index (χ1n) is 6.52. The maximum Gasteiger partial charge on any atom is 0.317 e. The van der Waals surface area contributed by atoms with Crippen molar-refractivity contribution in [3.05, 3.63) is 24.3 Å². The van der Waals surface area contributed by atoms with E-state index in [2.05, 4.69) is 0 Å². The van der Waals surface area contributed by atoms with E-state index >= 15 is 0 Å². The summed E-state index contributed by atoms with van der Waals surface area (Å²) in [5.74, 6) is -0.304. The van der Waals surface area contributed by atoms with Gasteiger partial charge in [-0.1, -0.05) is 0 Å². The van der Waals surface area contributed by atoms with Gasteiger partial charge in [0.15, 0.2) is 0 Å². The molecule has 1 aromatic rings. The highest BCUT2D eigenvalue weighted by Crippen LogP contribution is 2.20. The minimum atomic E-state index is -3.54. The summed E-state index contributed by atoms with van der Waals surface area (Å²) in [6.45, 7) is 1.36. The number of benzene rings is 1. The molecule has 0 saturated carbocycles. The number of hydrogen-bond acceptors (Lipinski definition) is 5. The van der Waals surface area contributed by atoms with E-state index < -0.39 is 16.0 Å². The van der Waals surface area contributed by atoms with Crippen LogP contribution in [-0.4, -0.2) is 68.5 Å². The molecular formula is C13H18N2O5S. The van der Waals surface area contributed by atoms with Crippen LogP contribution >= 0.6 is 0 Å². The molecule has 0 aromatic heterocycles. The Bertz CT molecular complexity index is 591. The Kier molecular flexibility index (Phi) is 4.81. The van der Waals surface area contributed by atoms with Gasteiger partial charge in [-0.3, -0.25) is 9.69 Å². The smallest absolute Gasteiger partial charge is 0.317 e. The second-order valence-electron chi connectivity index (χ2n) is 4.75. The fourth-order valence-electron chi connectivity index (χ4n) is 2.22. The lowest BCUT2D eigenvalue weighted by Crippen LogP contribution is -2.49. The van der Waals surface area contributed by atoms with Crippen LogP contribution in [0.15, 0.2) is 29.2 Å².